The topological polar surface area (TPSA) is 49.3 Å². The van der Waals surface area contributed by atoms with Crippen LogP contribution in [-0.4, -0.2) is 17.6 Å². The third-order valence-electron chi connectivity index (χ3n) is 2.82. The zero-order chi connectivity index (χ0) is 14.5. The molecule has 0 aliphatic heterocycles. The Hall–Kier alpha value is -1.91. The quantitative estimate of drug-likeness (QED) is 0.910. The molecule has 2 aromatic carbocycles. The van der Waals surface area contributed by atoms with Crippen LogP contribution in [0.25, 0.3) is 0 Å². The predicted molar refractivity (Wildman–Crippen MR) is 75.1 cm³/mol. The van der Waals surface area contributed by atoms with Crippen LogP contribution in [0.15, 0.2) is 48.5 Å². The van der Waals surface area contributed by atoms with E-state index in [1.54, 1.807) is 24.3 Å². The molecule has 0 aromatic heterocycles. The fraction of sp³-hybridized carbons (Fsp3) is 0.133. The third kappa shape index (κ3) is 3.56. The molecule has 0 fully saturated rings. The van der Waals surface area contributed by atoms with Gasteiger partial charge in [0.2, 0.25) is 0 Å². The lowest BCUT2D eigenvalue weighted by Gasteiger charge is -2.12. The lowest BCUT2D eigenvalue weighted by atomic mass is 10.1. The van der Waals surface area contributed by atoms with E-state index in [4.69, 9.17) is 11.6 Å². The molecular formula is C15H13ClFNO2. The number of hydrogen-bond donors (Lipinski definition) is 2. The highest BCUT2D eigenvalue weighted by Gasteiger charge is 2.12. The Morgan fingerprint density at radius 3 is 2.60 bits per heavy atom. The number of rotatable bonds is 4. The molecular weight excluding hydrogens is 281 g/mol. The van der Waals surface area contributed by atoms with Crippen LogP contribution >= 0.6 is 11.6 Å². The lowest BCUT2D eigenvalue weighted by molar-refractivity contribution is 0.0916. The van der Waals surface area contributed by atoms with Crippen molar-refractivity contribution >= 4 is 17.5 Å². The van der Waals surface area contributed by atoms with E-state index >= 15 is 0 Å². The van der Waals surface area contributed by atoms with Gasteiger partial charge in [-0.2, -0.15) is 0 Å². The first-order valence-corrected chi connectivity index (χ1v) is 6.42. The number of aliphatic hydroxyl groups is 1. The number of carbonyl (C=O) groups excluding carboxylic acids is 1. The van der Waals surface area contributed by atoms with Crippen molar-refractivity contribution in [2.75, 3.05) is 6.54 Å². The van der Waals surface area contributed by atoms with Crippen LogP contribution in [0.1, 0.15) is 22.0 Å². The number of hydrogen-bond acceptors (Lipinski definition) is 2. The minimum Gasteiger partial charge on any atom is -0.387 e. The maximum atomic E-state index is 13.3. The second-order valence-electron chi connectivity index (χ2n) is 4.27. The standard InChI is InChI=1S/C15H13ClFNO2/c16-12-7-6-11(8-13(12)17)14(19)9-18-15(20)10-4-2-1-3-5-10/h1-8,14,19H,9H2,(H,18,20). The lowest BCUT2D eigenvalue weighted by Crippen LogP contribution is -2.28. The Labute approximate surface area is 121 Å². The first kappa shape index (κ1) is 14.5. The highest BCUT2D eigenvalue weighted by molar-refractivity contribution is 6.30. The summed E-state index contributed by atoms with van der Waals surface area (Å²) in [5, 5.41) is 12.5. The van der Waals surface area contributed by atoms with Crippen molar-refractivity contribution in [1.82, 2.24) is 5.32 Å². The van der Waals surface area contributed by atoms with Crippen LogP contribution in [0.4, 0.5) is 4.39 Å². The Balaban J connectivity index is 1.96. The second-order valence-corrected chi connectivity index (χ2v) is 4.67. The summed E-state index contributed by atoms with van der Waals surface area (Å²) in [6.45, 7) is -0.00516. The van der Waals surface area contributed by atoms with Crippen molar-refractivity contribution in [2.24, 2.45) is 0 Å². The molecule has 104 valence electrons. The monoisotopic (exact) mass is 293 g/mol. The van der Waals surface area contributed by atoms with Gasteiger partial charge in [0.05, 0.1) is 11.1 Å². The first-order valence-electron chi connectivity index (χ1n) is 6.04. The maximum absolute atomic E-state index is 13.3. The maximum Gasteiger partial charge on any atom is 0.251 e. The number of halogens is 2. The molecule has 20 heavy (non-hydrogen) atoms. The van der Waals surface area contributed by atoms with Gasteiger partial charge in [0.25, 0.3) is 5.91 Å². The molecule has 1 unspecified atom stereocenters. The summed E-state index contributed by atoms with van der Waals surface area (Å²) in [6.07, 6.45) is -0.991. The van der Waals surface area contributed by atoms with Crippen molar-refractivity contribution in [3.8, 4) is 0 Å². The van der Waals surface area contributed by atoms with Crippen LogP contribution in [0.5, 0.6) is 0 Å². The van der Waals surface area contributed by atoms with Gasteiger partial charge in [-0.25, -0.2) is 4.39 Å². The van der Waals surface area contributed by atoms with Crippen molar-refractivity contribution in [2.45, 2.75) is 6.10 Å². The molecule has 1 atom stereocenters. The molecule has 0 radical (unpaired) electrons. The largest absolute Gasteiger partial charge is 0.387 e. The van der Waals surface area contributed by atoms with Gasteiger partial charge in [-0.15, -0.1) is 0 Å². The number of amides is 1. The fourth-order valence-electron chi connectivity index (χ4n) is 1.72. The van der Waals surface area contributed by atoms with Gasteiger partial charge in [0.1, 0.15) is 5.82 Å². The van der Waals surface area contributed by atoms with Gasteiger partial charge in [-0.05, 0) is 29.8 Å². The number of nitrogens with one attached hydrogen (secondary N) is 1. The average molecular weight is 294 g/mol. The van der Waals surface area contributed by atoms with Crippen LogP contribution in [-0.2, 0) is 0 Å². The van der Waals surface area contributed by atoms with Gasteiger partial charge in [0.15, 0.2) is 0 Å². The summed E-state index contributed by atoms with van der Waals surface area (Å²) >= 11 is 5.57. The summed E-state index contributed by atoms with van der Waals surface area (Å²) in [7, 11) is 0. The molecule has 1 amide bonds. The van der Waals surface area contributed by atoms with Crippen molar-refractivity contribution in [1.29, 1.82) is 0 Å². The van der Waals surface area contributed by atoms with E-state index in [-0.39, 0.29) is 17.5 Å². The molecule has 0 saturated carbocycles. The van der Waals surface area contributed by atoms with Crippen LogP contribution in [0.2, 0.25) is 5.02 Å². The molecule has 5 heteroatoms. The molecule has 0 spiro atoms. The molecule has 0 saturated heterocycles. The number of carbonyl (C=O) groups is 1. The van der Waals surface area contributed by atoms with E-state index in [0.29, 0.717) is 11.1 Å². The Kier molecular flexibility index (Phi) is 4.71. The Morgan fingerprint density at radius 1 is 1.25 bits per heavy atom. The molecule has 0 aliphatic carbocycles. The van der Waals surface area contributed by atoms with E-state index in [2.05, 4.69) is 5.32 Å². The minimum atomic E-state index is -0.991. The van der Waals surface area contributed by atoms with E-state index in [0.717, 1.165) is 6.07 Å². The number of benzene rings is 2. The minimum absolute atomic E-state index is 0.00516. The fourth-order valence-corrected chi connectivity index (χ4v) is 1.84. The molecule has 3 nitrogen and oxygen atoms in total. The summed E-state index contributed by atoms with van der Waals surface area (Å²) in [5.74, 6) is -0.892. The first-order chi connectivity index (χ1) is 9.58. The average Bonchev–Trinajstić information content (AvgIpc) is 2.48. The molecule has 2 aromatic rings. The molecule has 0 heterocycles. The highest BCUT2D eigenvalue weighted by Crippen LogP contribution is 2.19. The third-order valence-corrected chi connectivity index (χ3v) is 3.13. The van der Waals surface area contributed by atoms with Crippen molar-refractivity contribution in [3.05, 3.63) is 70.5 Å². The van der Waals surface area contributed by atoms with Gasteiger partial charge in [-0.1, -0.05) is 35.9 Å². The molecule has 0 aliphatic rings. The van der Waals surface area contributed by atoms with Gasteiger partial charge in [-0.3, -0.25) is 4.79 Å². The van der Waals surface area contributed by atoms with E-state index < -0.39 is 11.9 Å². The van der Waals surface area contributed by atoms with E-state index in [1.807, 2.05) is 6.07 Å². The van der Waals surface area contributed by atoms with E-state index in [9.17, 15) is 14.3 Å². The van der Waals surface area contributed by atoms with Gasteiger partial charge in [0, 0.05) is 12.1 Å². The molecule has 0 bridgehead atoms. The van der Waals surface area contributed by atoms with Crippen molar-refractivity contribution in [3.63, 3.8) is 0 Å². The molecule has 2 rings (SSSR count). The number of aliphatic hydroxyl groups excluding tert-OH is 1. The van der Waals surface area contributed by atoms with Crippen LogP contribution in [0.3, 0.4) is 0 Å². The second kappa shape index (κ2) is 6.50. The summed E-state index contributed by atoms with van der Waals surface area (Å²) < 4.78 is 13.3. The predicted octanol–water partition coefficient (Wildman–Crippen LogP) is 2.94. The summed E-state index contributed by atoms with van der Waals surface area (Å²) in [4.78, 5) is 11.8. The van der Waals surface area contributed by atoms with Gasteiger partial charge >= 0.3 is 0 Å². The molecule has 2 N–H and O–H groups in total. The zero-order valence-electron chi connectivity index (χ0n) is 10.5. The summed E-state index contributed by atoms with van der Waals surface area (Å²) in [5.41, 5.74) is 0.863. The SMILES string of the molecule is O=C(NCC(O)c1ccc(Cl)c(F)c1)c1ccccc1. The van der Waals surface area contributed by atoms with Gasteiger partial charge < -0.3 is 10.4 Å². The van der Waals surface area contributed by atoms with Crippen molar-refractivity contribution < 1.29 is 14.3 Å². The van der Waals surface area contributed by atoms with E-state index in [1.165, 1.54) is 12.1 Å². The Morgan fingerprint density at radius 2 is 1.95 bits per heavy atom. The normalized spacial score (nSPS) is 11.9. The zero-order valence-corrected chi connectivity index (χ0v) is 11.3. The van der Waals surface area contributed by atoms with Crippen LogP contribution < -0.4 is 5.32 Å². The van der Waals surface area contributed by atoms with Crippen LogP contribution in [0, 0.1) is 5.82 Å². The smallest absolute Gasteiger partial charge is 0.251 e. The summed E-state index contributed by atoms with van der Waals surface area (Å²) in [6, 6.07) is 12.7. The highest BCUT2D eigenvalue weighted by atomic mass is 35.5. The Bertz CT molecular complexity index is 604.